The van der Waals surface area contributed by atoms with Crippen LogP contribution in [0.25, 0.3) is 0 Å². The van der Waals surface area contributed by atoms with Gasteiger partial charge in [0.2, 0.25) is 0 Å². The fourth-order valence-corrected chi connectivity index (χ4v) is 3.54. The largest absolute Gasteiger partial charge is 0.449 e. The van der Waals surface area contributed by atoms with Gasteiger partial charge in [-0.05, 0) is 37.3 Å². The summed E-state index contributed by atoms with van der Waals surface area (Å²) in [6, 6.07) is 4.19. The molecule has 1 saturated carbocycles. The molecule has 1 fully saturated rings. The molecular formula is C20H29N3O5. The highest BCUT2D eigenvalue weighted by Crippen LogP contribution is 2.30. The van der Waals surface area contributed by atoms with E-state index in [0.717, 1.165) is 19.3 Å². The van der Waals surface area contributed by atoms with E-state index in [0.29, 0.717) is 17.5 Å². The summed E-state index contributed by atoms with van der Waals surface area (Å²) in [5, 5.41) is 14.3. The topological polar surface area (TPSA) is 102 Å². The molecule has 28 heavy (non-hydrogen) atoms. The molecule has 0 spiro atoms. The van der Waals surface area contributed by atoms with Crippen molar-refractivity contribution in [2.75, 3.05) is 19.0 Å². The Balaban J connectivity index is 2.04. The number of esters is 1. The number of rotatable bonds is 6. The van der Waals surface area contributed by atoms with Gasteiger partial charge in [-0.25, -0.2) is 4.79 Å². The Bertz CT molecular complexity index is 749. The van der Waals surface area contributed by atoms with E-state index in [1.807, 2.05) is 0 Å². The van der Waals surface area contributed by atoms with Crippen molar-refractivity contribution >= 4 is 23.3 Å². The van der Waals surface area contributed by atoms with Gasteiger partial charge in [0.25, 0.3) is 11.6 Å². The highest BCUT2D eigenvalue weighted by molar-refractivity contribution is 5.93. The van der Waals surface area contributed by atoms with Crippen LogP contribution in [-0.4, -0.2) is 43.0 Å². The molecule has 0 saturated heterocycles. The van der Waals surface area contributed by atoms with Gasteiger partial charge in [0.15, 0.2) is 6.10 Å². The first kappa shape index (κ1) is 21.7. The van der Waals surface area contributed by atoms with Crippen LogP contribution in [0.15, 0.2) is 18.2 Å². The minimum absolute atomic E-state index is 0.0385. The lowest BCUT2D eigenvalue weighted by Gasteiger charge is -2.35. The van der Waals surface area contributed by atoms with E-state index in [2.05, 4.69) is 19.2 Å². The minimum Gasteiger partial charge on any atom is -0.449 e. The van der Waals surface area contributed by atoms with Crippen LogP contribution in [0, 0.1) is 22.0 Å². The van der Waals surface area contributed by atoms with Crippen molar-refractivity contribution < 1.29 is 19.2 Å². The summed E-state index contributed by atoms with van der Waals surface area (Å²) in [7, 11) is 3.36. The van der Waals surface area contributed by atoms with Gasteiger partial charge < -0.3 is 15.0 Å². The first-order valence-corrected chi connectivity index (χ1v) is 9.59. The predicted molar refractivity (Wildman–Crippen MR) is 106 cm³/mol. The van der Waals surface area contributed by atoms with Crippen LogP contribution in [0.3, 0.4) is 0 Å². The van der Waals surface area contributed by atoms with Gasteiger partial charge in [-0.15, -0.1) is 0 Å². The Morgan fingerprint density at radius 2 is 1.96 bits per heavy atom. The molecule has 1 N–H and O–H groups in total. The van der Waals surface area contributed by atoms with Crippen molar-refractivity contribution in [1.29, 1.82) is 0 Å². The highest BCUT2D eigenvalue weighted by Gasteiger charge is 2.30. The second-order valence-electron chi connectivity index (χ2n) is 7.78. The van der Waals surface area contributed by atoms with E-state index < -0.39 is 17.0 Å². The van der Waals surface area contributed by atoms with Crippen molar-refractivity contribution in [2.45, 2.75) is 52.2 Å². The zero-order chi connectivity index (χ0) is 21.0. The first-order chi connectivity index (χ1) is 13.1. The quantitative estimate of drug-likeness (QED) is 0.454. The van der Waals surface area contributed by atoms with Crippen molar-refractivity contribution in [2.24, 2.45) is 11.8 Å². The van der Waals surface area contributed by atoms with Crippen molar-refractivity contribution in [3.63, 3.8) is 0 Å². The monoisotopic (exact) mass is 391 g/mol. The molecule has 2 rings (SSSR count). The molecule has 8 heteroatoms. The maximum Gasteiger partial charge on any atom is 0.339 e. The van der Waals surface area contributed by atoms with Crippen LogP contribution in [0.5, 0.6) is 0 Å². The molecule has 0 aliphatic heterocycles. The third-order valence-corrected chi connectivity index (χ3v) is 5.58. The van der Waals surface area contributed by atoms with Gasteiger partial charge in [-0.2, -0.15) is 0 Å². The van der Waals surface area contributed by atoms with Gasteiger partial charge in [-0.1, -0.05) is 26.7 Å². The van der Waals surface area contributed by atoms with Gasteiger partial charge in [0, 0.05) is 26.2 Å². The summed E-state index contributed by atoms with van der Waals surface area (Å²) in [4.78, 5) is 37.1. The molecule has 8 nitrogen and oxygen atoms in total. The molecule has 154 valence electrons. The second kappa shape index (κ2) is 9.03. The summed E-state index contributed by atoms with van der Waals surface area (Å²) >= 11 is 0. The SMILES string of the molecule is C[C@H]1[C@@H](NC(=O)[C@@H](C)OC(=O)c2ccc(N(C)C)c([N+](=O)[O-])c2)CCC[C@@H]1C. The number of hydrogen-bond acceptors (Lipinski definition) is 6. The Hall–Kier alpha value is -2.64. The lowest BCUT2D eigenvalue weighted by atomic mass is 9.78. The Morgan fingerprint density at radius 3 is 2.57 bits per heavy atom. The molecule has 0 bridgehead atoms. The molecule has 0 radical (unpaired) electrons. The van der Waals surface area contributed by atoms with Crippen LogP contribution < -0.4 is 10.2 Å². The number of anilines is 1. The van der Waals surface area contributed by atoms with Crippen LogP contribution in [-0.2, 0) is 9.53 Å². The average molecular weight is 391 g/mol. The average Bonchev–Trinajstić information content (AvgIpc) is 2.64. The summed E-state index contributed by atoms with van der Waals surface area (Å²) in [6.07, 6.45) is 2.15. The molecule has 1 aromatic carbocycles. The van der Waals surface area contributed by atoms with E-state index in [1.165, 1.54) is 25.1 Å². The molecule has 1 aliphatic carbocycles. The molecule has 0 aromatic heterocycles. The smallest absolute Gasteiger partial charge is 0.339 e. The number of nitro benzene ring substituents is 1. The predicted octanol–water partition coefficient (Wildman–Crippen LogP) is 3.15. The molecule has 1 aromatic rings. The number of hydrogen-bond donors (Lipinski definition) is 1. The van der Waals surface area contributed by atoms with Gasteiger partial charge in [-0.3, -0.25) is 14.9 Å². The number of nitrogens with one attached hydrogen (secondary N) is 1. The zero-order valence-corrected chi connectivity index (χ0v) is 17.1. The number of ether oxygens (including phenoxy) is 1. The van der Waals surface area contributed by atoms with E-state index in [4.69, 9.17) is 4.74 Å². The maximum absolute atomic E-state index is 12.4. The lowest BCUT2D eigenvalue weighted by Crippen LogP contribution is -2.47. The van der Waals surface area contributed by atoms with Crippen molar-refractivity contribution in [3.05, 3.63) is 33.9 Å². The van der Waals surface area contributed by atoms with Gasteiger partial charge in [0.1, 0.15) is 5.69 Å². The number of amides is 1. The van der Waals surface area contributed by atoms with Crippen LogP contribution in [0.4, 0.5) is 11.4 Å². The fraction of sp³-hybridized carbons (Fsp3) is 0.600. The molecule has 1 amide bonds. The summed E-state index contributed by atoms with van der Waals surface area (Å²) in [6.45, 7) is 5.81. The summed E-state index contributed by atoms with van der Waals surface area (Å²) < 4.78 is 5.25. The standard InChI is InChI=1S/C20H29N3O5/c1-12-7-6-8-16(13(12)2)21-19(24)14(3)28-20(25)15-9-10-17(22(4)5)18(11-15)23(26)27/h9-14,16H,6-8H2,1-5H3,(H,21,24)/t12-,13+,14+,16-/m0/s1. The van der Waals surface area contributed by atoms with E-state index in [9.17, 15) is 19.7 Å². The molecule has 4 atom stereocenters. The Morgan fingerprint density at radius 1 is 1.29 bits per heavy atom. The van der Waals surface area contributed by atoms with Crippen LogP contribution in [0.2, 0.25) is 0 Å². The van der Waals surface area contributed by atoms with Crippen molar-refractivity contribution in [3.8, 4) is 0 Å². The second-order valence-corrected chi connectivity index (χ2v) is 7.78. The Kier molecular flexibility index (Phi) is 6.99. The number of nitro groups is 1. The number of carbonyl (C=O) groups is 2. The van der Waals surface area contributed by atoms with E-state index >= 15 is 0 Å². The lowest BCUT2D eigenvalue weighted by molar-refractivity contribution is -0.384. The third-order valence-electron chi connectivity index (χ3n) is 5.58. The number of carbonyl (C=O) groups excluding carboxylic acids is 2. The fourth-order valence-electron chi connectivity index (χ4n) is 3.54. The van der Waals surface area contributed by atoms with Crippen LogP contribution in [0.1, 0.15) is 50.4 Å². The number of nitrogens with zero attached hydrogens (tertiary/aromatic N) is 2. The zero-order valence-electron chi connectivity index (χ0n) is 17.1. The molecule has 0 heterocycles. The summed E-state index contributed by atoms with van der Waals surface area (Å²) in [5.41, 5.74) is 0.228. The number of benzene rings is 1. The Labute approximate surface area is 165 Å². The van der Waals surface area contributed by atoms with Gasteiger partial charge in [0.05, 0.1) is 10.5 Å². The highest BCUT2D eigenvalue weighted by atomic mass is 16.6. The van der Waals surface area contributed by atoms with E-state index in [1.54, 1.807) is 19.0 Å². The van der Waals surface area contributed by atoms with E-state index in [-0.39, 0.29) is 23.2 Å². The normalized spacial score (nSPS) is 22.8. The van der Waals surface area contributed by atoms with Crippen LogP contribution >= 0.6 is 0 Å². The minimum atomic E-state index is -0.982. The first-order valence-electron chi connectivity index (χ1n) is 9.59. The third kappa shape index (κ3) is 4.99. The maximum atomic E-state index is 12.4. The molecule has 1 aliphatic rings. The molecular weight excluding hydrogens is 362 g/mol. The van der Waals surface area contributed by atoms with Gasteiger partial charge >= 0.3 is 5.97 Å². The molecule has 0 unspecified atom stereocenters. The van der Waals surface area contributed by atoms with Crippen molar-refractivity contribution in [1.82, 2.24) is 5.32 Å². The summed E-state index contributed by atoms with van der Waals surface area (Å²) in [5.74, 6) is -0.214.